The van der Waals surface area contributed by atoms with Crippen molar-refractivity contribution >= 4 is 140 Å². The van der Waals surface area contributed by atoms with Gasteiger partial charge in [0.25, 0.3) is 0 Å². The predicted octanol–water partition coefficient (Wildman–Crippen LogP) is 15.2. The Morgan fingerprint density at radius 2 is 1.13 bits per heavy atom. The van der Waals surface area contributed by atoms with Gasteiger partial charge in [-0.15, -0.1) is 0 Å². The van der Waals surface area contributed by atoms with E-state index < -0.39 is 36.5 Å². The fraction of sp³-hybridized carbons (Fsp3) is 0.282. The molecule has 0 spiro atoms. The molecule has 1 fully saturated rings. The Labute approximate surface area is 583 Å². The number of para-hydroxylation sites is 3. The number of carbonyl (C=O) groups is 1. The van der Waals surface area contributed by atoms with Crippen molar-refractivity contribution in [1.82, 2.24) is 35.2 Å². The van der Waals surface area contributed by atoms with Crippen LogP contribution in [0.4, 0.5) is 57.8 Å². The van der Waals surface area contributed by atoms with Gasteiger partial charge >= 0.3 is 0 Å². The molecule has 1 aliphatic heterocycles. The van der Waals surface area contributed by atoms with E-state index in [0.29, 0.717) is 108 Å². The van der Waals surface area contributed by atoms with Crippen LogP contribution in [0.3, 0.4) is 0 Å². The second kappa shape index (κ2) is 32.0. The van der Waals surface area contributed by atoms with Gasteiger partial charge in [0.15, 0.2) is 27.3 Å². The Morgan fingerprint density at radius 3 is 1.73 bits per heavy atom. The van der Waals surface area contributed by atoms with Gasteiger partial charge in [-0.2, -0.15) is 9.97 Å². The van der Waals surface area contributed by atoms with E-state index in [4.69, 9.17) is 37.4 Å². The molecule has 9 aromatic rings. The standard InChI is InChI=1S/C25H30ClN4O2P.C25H29N4O4PS.C21H22ClN4O3P/c1-32-22-14-18(17-10-12-27-13-11-17)8-9-19(22)15-24-28-16-20(26)25(30-24)29-21-6-4-5-7-23(21)33(2,3)31;1-16(2)35(31,32)23-12-7-6-10-21(23)26-24-18-9-8-11-19(18)27-25(29-24)28-20-14-13-17(34(4,5)30)15-22(20)33-3;1-13(27)15-7-5-6-8-17(15)24-20-16(22)12-23-21(26-20)25-18-10-9-14(30(3,4)28)11-19(18)29-2/h4-9,14,16-17,27H,10-13,15H2,1-3H3,(H,28,29,30);6-10,12-16H,11H2,1-5H3,(H2,26,27,28,29);5-12H,1-4H3,(H2,23,24,25,26). The number of ether oxygens (including phenoxy) is 3. The number of rotatable bonds is 22. The molecule has 6 N–H and O–H groups in total. The predicted molar refractivity (Wildman–Crippen MR) is 401 cm³/mol. The Bertz CT molecular complexity index is 4710. The number of aromatic nitrogens is 6. The molecule has 0 bridgehead atoms. The van der Waals surface area contributed by atoms with Crippen LogP contribution in [-0.4, -0.2) is 124 Å². The summed E-state index contributed by atoms with van der Waals surface area (Å²) in [5, 5.41) is 21.6. The minimum Gasteiger partial charge on any atom is -0.496 e. The summed E-state index contributed by atoms with van der Waals surface area (Å²) in [6.45, 7) is 17.2. The van der Waals surface area contributed by atoms with Crippen LogP contribution in [0.15, 0.2) is 151 Å². The number of hydrogen-bond acceptors (Lipinski definition) is 21. The van der Waals surface area contributed by atoms with Gasteiger partial charge in [0.05, 0.1) is 78.0 Å². The number of carbonyl (C=O) groups excluding carboxylic acids is 1. The Hall–Kier alpha value is -8.45. The third-order valence-corrected chi connectivity index (χ3v) is 23.5. The third kappa shape index (κ3) is 18.6. The molecule has 0 amide bonds. The Morgan fingerprint density at radius 1 is 0.592 bits per heavy atom. The average Bonchev–Trinajstić information content (AvgIpc) is 1.12. The molecule has 4 heterocycles. The highest BCUT2D eigenvalue weighted by Gasteiger charge is 2.26. The molecule has 2 aliphatic rings. The summed E-state index contributed by atoms with van der Waals surface area (Å²) in [6, 6.07) is 38.5. The highest BCUT2D eigenvalue weighted by molar-refractivity contribution is 7.92. The molecule has 0 unspecified atom stereocenters. The number of nitrogens with one attached hydrogen (secondary N) is 6. The quantitative estimate of drug-likeness (QED) is 0.0272. The number of allylic oxidation sites excluding steroid dienone is 1. The fourth-order valence-electron chi connectivity index (χ4n) is 10.7. The minimum absolute atomic E-state index is 0.0735. The average molecular weight is 1440 g/mol. The molecule has 27 heteroatoms. The normalized spacial score (nSPS) is 13.1. The molecule has 6 aromatic carbocycles. The van der Waals surface area contributed by atoms with Gasteiger partial charge in [0.1, 0.15) is 60.4 Å². The van der Waals surface area contributed by atoms with Crippen LogP contribution in [0.25, 0.3) is 6.08 Å². The van der Waals surface area contributed by atoms with E-state index in [2.05, 4.69) is 80.0 Å². The van der Waals surface area contributed by atoms with E-state index in [0.717, 1.165) is 59.5 Å². The molecule has 11 rings (SSSR count). The van der Waals surface area contributed by atoms with E-state index in [-0.39, 0.29) is 16.6 Å². The summed E-state index contributed by atoms with van der Waals surface area (Å²) in [6.07, 6.45) is 10.4. The van der Waals surface area contributed by atoms with E-state index in [1.165, 1.54) is 25.8 Å². The molecule has 21 nitrogen and oxygen atoms in total. The lowest BCUT2D eigenvalue weighted by molar-refractivity contribution is 0.101. The number of nitrogens with zero attached hydrogens (tertiary/aromatic N) is 6. The summed E-state index contributed by atoms with van der Waals surface area (Å²) < 4.78 is 80.0. The maximum Gasteiger partial charge on any atom is 0.229 e. The zero-order chi connectivity index (χ0) is 70.7. The molecule has 3 aromatic heterocycles. The first-order valence-electron chi connectivity index (χ1n) is 31.4. The Kier molecular flexibility index (Phi) is 24.1. The monoisotopic (exact) mass is 1440 g/mol. The molecule has 1 aliphatic carbocycles. The number of hydrogen-bond donors (Lipinski definition) is 6. The van der Waals surface area contributed by atoms with Gasteiger partial charge in [-0.1, -0.05) is 83.9 Å². The zero-order valence-electron chi connectivity index (χ0n) is 56.7. The first kappa shape index (κ1) is 73.8. The van der Waals surface area contributed by atoms with Crippen molar-refractivity contribution < 1.29 is 41.1 Å². The molecular weight excluding hydrogens is 1360 g/mol. The van der Waals surface area contributed by atoms with Crippen molar-refractivity contribution in [2.45, 2.75) is 62.5 Å². The van der Waals surface area contributed by atoms with Gasteiger partial charge in [0.2, 0.25) is 11.9 Å². The summed E-state index contributed by atoms with van der Waals surface area (Å²) >= 11 is 12.6. The van der Waals surface area contributed by atoms with Crippen LogP contribution in [-0.2, 0) is 36.4 Å². The topological polar surface area (TPSA) is 280 Å². The van der Waals surface area contributed by atoms with Crippen molar-refractivity contribution in [3.05, 3.63) is 190 Å². The van der Waals surface area contributed by atoms with Crippen LogP contribution < -0.4 is 62.0 Å². The summed E-state index contributed by atoms with van der Waals surface area (Å²) in [4.78, 5) is 39.1. The van der Waals surface area contributed by atoms with Crippen molar-refractivity contribution in [2.75, 3.05) is 101 Å². The molecule has 1 saturated heterocycles. The summed E-state index contributed by atoms with van der Waals surface area (Å²) in [5.74, 6) is 4.97. The smallest absolute Gasteiger partial charge is 0.229 e. The lowest BCUT2D eigenvalue weighted by atomic mass is 9.89. The van der Waals surface area contributed by atoms with Crippen LogP contribution in [0.2, 0.25) is 10.0 Å². The van der Waals surface area contributed by atoms with E-state index in [9.17, 15) is 26.9 Å². The van der Waals surface area contributed by atoms with Crippen LogP contribution in [0, 0.1) is 0 Å². The maximum absolute atomic E-state index is 12.9. The van der Waals surface area contributed by atoms with Gasteiger partial charge in [-0.05, 0) is 177 Å². The van der Waals surface area contributed by atoms with Crippen LogP contribution >= 0.6 is 44.6 Å². The van der Waals surface area contributed by atoms with Crippen molar-refractivity contribution in [3.8, 4) is 17.2 Å². The van der Waals surface area contributed by atoms with Crippen molar-refractivity contribution in [2.24, 2.45) is 0 Å². The van der Waals surface area contributed by atoms with Crippen LogP contribution in [0.5, 0.6) is 17.2 Å². The van der Waals surface area contributed by atoms with Gasteiger partial charge in [-0.3, -0.25) is 4.79 Å². The number of Topliss-reactive ketones (excluding diaryl/α,β-unsaturated/α-hetero) is 1. The van der Waals surface area contributed by atoms with E-state index in [1.54, 1.807) is 153 Å². The number of methoxy groups -OCH3 is 3. The summed E-state index contributed by atoms with van der Waals surface area (Å²) in [7, 11) is -6.06. The van der Waals surface area contributed by atoms with Crippen LogP contribution in [0.1, 0.15) is 78.1 Å². The maximum atomic E-state index is 12.9. The highest BCUT2D eigenvalue weighted by atomic mass is 35.5. The first-order chi connectivity index (χ1) is 46.5. The van der Waals surface area contributed by atoms with Gasteiger partial charge in [-0.25, -0.2) is 28.4 Å². The second-order valence-corrected chi connectivity index (χ2v) is 37.6. The van der Waals surface area contributed by atoms with Crippen molar-refractivity contribution in [3.63, 3.8) is 0 Å². The molecule has 0 radical (unpaired) electrons. The number of anilines is 10. The molecule has 514 valence electrons. The highest BCUT2D eigenvalue weighted by Crippen LogP contribution is 2.42. The van der Waals surface area contributed by atoms with Crippen molar-refractivity contribution in [1.29, 1.82) is 0 Å². The zero-order valence-corrected chi connectivity index (χ0v) is 61.7. The SMILES string of the molecule is COc1cc(C2CCNCC2)ccc1Cc1ncc(Cl)c(Nc2ccccc2P(C)(C)=O)n1.COc1cc(P(C)(C)=O)ccc1Nc1nc2c(c(Nc3ccccc3S(=O)(=O)C(C)C)n1)C=CC2.COc1cc(P(C)(C)=O)ccc1Nc1ncc(Cl)c(Nc2ccccc2C(C)=O)n1. The Balaban J connectivity index is 0.000000173. The minimum atomic E-state index is -3.50. The number of fused-ring (bicyclic) bond motifs is 1. The van der Waals surface area contributed by atoms with Gasteiger partial charge < -0.3 is 59.8 Å². The number of sulfone groups is 1. The van der Waals surface area contributed by atoms with E-state index in [1.807, 2.05) is 42.5 Å². The largest absolute Gasteiger partial charge is 0.496 e. The third-order valence-electron chi connectivity index (χ3n) is 16.1. The number of halogens is 2. The first-order valence-corrected chi connectivity index (χ1v) is 41.5. The second-order valence-electron chi connectivity index (χ2n) is 24.7. The molecule has 0 saturated carbocycles. The number of benzene rings is 6. The summed E-state index contributed by atoms with van der Waals surface area (Å²) in [5.41, 5.74) is 7.54. The molecule has 0 atom stereocenters. The molecular formula is C71H81Cl2N12O9P3S. The fourth-order valence-corrected chi connectivity index (χ4v) is 15.1. The lowest BCUT2D eigenvalue weighted by Gasteiger charge is -2.23. The lowest BCUT2D eigenvalue weighted by Crippen LogP contribution is -2.26. The number of piperidine rings is 1. The van der Waals surface area contributed by atoms with Gasteiger partial charge in [0, 0.05) is 45.4 Å². The van der Waals surface area contributed by atoms with E-state index >= 15 is 0 Å². The molecule has 98 heavy (non-hydrogen) atoms. The number of ketones is 1.